The molecule has 3 rings (SSSR count). The van der Waals surface area contributed by atoms with Gasteiger partial charge in [-0.25, -0.2) is 14.9 Å². The van der Waals surface area contributed by atoms with E-state index in [9.17, 15) is 4.79 Å². The number of thioether (sulfide) groups is 1. The third-order valence-corrected chi connectivity index (χ3v) is 3.71. The van der Waals surface area contributed by atoms with Crippen molar-refractivity contribution in [2.75, 3.05) is 6.61 Å². The van der Waals surface area contributed by atoms with Gasteiger partial charge in [-0.15, -0.1) is 0 Å². The van der Waals surface area contributed by atoms with Crippen LogP contribution >= 0.6 is 11.8 Å². The number of ether oxygens (including phenoxy) is 1. The smallest absolute Gasteiger partial charge is 0.284 e. The number of furan rings is 1. The molecule has 0 aliphatic carbocycles. The Hall–Kier alpha value is -2.79. The highest BCUT2D eigenvalue weighted by atomic mass is 32.2. The van der Waals surface area contributed by atoms with Crippen molar-refractivity contribution in [3.63, 3.8) is 0 Å². The topological polar surface area (TPSA) is 91.2 Å². The highest BCUT2D eigenvalue weighted by Crippen LogP contribution is 2.39. The molecule has 0 atom stereocenters. The number of aliphatic imine (C=N–C) groups is 2. The molecule has 1 aromatic rings. The average Bonchev–Trinajstić information content (AvgIpc) is 3.20. The molecule has 1 aromatic heterocycles. The second-order valence-electron chi connectivity index (χ2n) is 4.14. The van der Waals surface area contributed by atoms with E-state index in [2.05, 4.69) is 9.98 Å². The molecule has 0 unspecified atom stereocenters. The Labute approximate surface area is 130 Å². The number of amidine groups is 1. The Morgan fingerprint density at radius 3 is 3.18 bits per heavy atom. The third kappa shape index (κ3) is 2.42. The monoisotopic (exact) mass is 314 g/mol. The van der Waals surface area contributed by atoms with Crippen LogP contribution in [-0.2, 0) is 9.53 Å². The molecule has 0 radical (unpaired) electrons. The molecule has 22 heavy (non-hydrogen) atoms. The van der Waals surface area contributed by atoms with Gasteiger partial charge in [0, 0.05) is 6.08 Å². The van der Waals surface area contributed by atoms with Crippen LogP contribution in [0.15, 0.2) is 49.2 Å². The second kappa shape index (κ2) is 5.91. The fourth-order valence-corrected chi connectivity index (χ4v) is 2.72. The van der Waals surface area contributed by atoms with Crippen molar-refractivity contribution in [2.24, 2.45) is 9.98 Å². The average molecular weight is 314 g/mol. The first-order valence-corrected chi connectivity index (χ1v) is 7.21. The summed E-state index contributed by atoms with van der Waals surface area (Å²) in [6, 6.07) is 5.46. The number of nitrogens with zero attached hydrogens (tertiary/aromatic N) is 4. The van der Waals surface area contributed by atoms with Gasteiger partial charge in [0.25, 0.3) is 5.91 Å². The lowest BCUT2D eigenvalue weighted by Crippen LogP contribution is -2.25. The van der Waals surface area contributed by atoms with Gasteiger partial charge in [-0.05, 0) is 30.8 Å². The third-order valence-electron chi connectivity index (χ3n) is 2.78. The first-order chi connectivity index (χ1) is 10.7. The molecule has 110 valence electrons. The lowest BCUT2D eigenvalue weighted by atomic mass is 10.3. The van der Waals surface area contributed by atoms with E-state index in [1.54, 1.807) is 18.2 Å². The predicted molar refractivity (Wildman–Crippen MR) is 81.3 cm³/mol. The van der Waals surface area contributed by atoms with E-state index < -0.39 is 0 Å². The minimum Gasteiger partial charge on any atom is -0.483 e. The van der Waals surface area contributed by atoms with Crippen molar-refractivity contribution in [2.45, 2.75) is 6.92 Å². The van der Waals surface area contributed by atoms with E-state index in [0.29, 0.717) is 22.4 Å². The molecular formula is C14H10N4O3S. The summed E-state index contributed by atoms with van der Waals surface area (Å²) in [6.45, 7) is 2.26. The van der Waals surface area contributed by atoms with Gasteiger partial charge in [-0.2, -0.15) is 5.26 Å². The van der Waals surface area contributed by atoms with Gasteiger partial charge in [-0.1, -0.05) is 0 Å². The lowest BCUT2D eigenvalue weighted by Gasteiger charge is -2.09. The summed E-state index contributed by atoms with van der Waals surface area (Å²) in [4.78, 5) is 22.3. The SMILES string of the molecule is CCO/C=N\C1=C(C#N)SC2=N/C(=C\c3ccco3)C(=O)N21. The van der Waals surface area contributed by atoms with Crippen molar-refractivity contribution in [1.29, 1.82) is 5.26 Å². The Balaban J connectivity index is 1.91. The number of carbonyl (C=O) groups is 1. The van der Waals surface area contributed by atoms with Crippen LogP contribution in [-0.4, -0.2) is 29.0 Å². The quantitative estimate of drug-likeness (QED) is 0.483. The van der Waals surface area contributed by atoms with Gasteiger partial charge in [0.1, 0.15) is 22.4 Å². The lowest BCUT2D eigenvalue weighted by molar-refractivity contribution is -0.121. The van der Waals surface area contributed by atoms with Gasteiger partial charge in [0.15, 0.2) is 17.4 Å². The summed E-state index contributed by atoms with van der Waals surface area (Å²) in [5, 5.41) is 9.55. The zero-order valence-electron chi connectivity index (χ0n) is 11.5. The summed E-state index contributed by atoms with van der Waals surface area (Å²) < 4.78 is 10.2. The Kier molecular flexibility index (Phi) is 3.80. The summed E-state index contributed by atoms with van der Waals surface area (Å²) in [7, 11) is 0. The predicted octanol–water partition coefficient (Wildman–Crippen LogP) is 2.32. The fraction of sp³-hybridized carbons (Fsp3) is 0.143. The molecule has 0 spiro atoms. The van der Waals surface area contributed by atoms with E-state index in [1.165, 1.54) is 17.6 Å². The highest BCUT2D eigenvalue weighted by molar-refractivity contribution is 8.17. The van der Waals surface area contributed by atoms with Crippen LogP contribution in [0.4, 0.5) is 0 Å². The van der Waals surface area contributed by atoms with Gasteiger partial charge < -0.3 is 9.15 Å². The fourth-order valence-electron chi connectivity index (χ4n) is 1.85. The van der Waals surface area contributed by atoms with Gasteiger partial charge in [-0.3, -0.25) is 4.79 Å². The van der Waals surface area contributed by atoms with Crippen LogP contribution < -0.4 is 0 Å². The van der Waals surface area contributed by atoms with Crippen molar-refractivity contribution in [3.05, 3.63) is 40.6 Å². The zero-order chi connectivity index (χ0) is 15.5. The van der Waals surface area contributed by atoms with Crippen molar-refractivity contribution >= 4 is 35.3 Å². The van der Waals surface area contributed by atoms with Crippen LogP contribution in [0, 0.1) is 11.3 Å². The van der Waals surface area contributed by atoms with E-state index in [1.807, 2.05) is 13.0 Å². The van der Waals surface area contributed by atoms with E-state index in [-0.39, 0.29) is 17.4 Å². The van der Waals surface area contributed by atoms with Gasteiger partial charge in [0.2, 0.25) is 0 Å². The number of hydrogen-bond donors (Lipinski definition) is 0. The molecule has 0 bridgehead atoms. The highest BCUT2D eigenvalue weighted by Gasteiger charge is 2.41. The minimum absolute atomic E-state index is 0.229. The number of amides is 1. The first kappa shape index (κ1) is 14.2. The maximum Gasteiger partial charge on any atom is 0.284 e. The molecule has 0 aromatic carbocycles. The summed E-state index contributed by atoms with van der Waals surface area (Å²) in [5.74, 6) is 0.406. The Morgan fingerprint density at radius 2 is 2.50 bits per heavy atom. The number of rotatable bonds is 4. The standard InChI is InChI=1S/C14H10N4O3S/c1-2-20-8-16-12-11(7-15)22-14-17-10(13(19)18(12)14)6-9-4-3-5-21-9/h3-6,8H,2H2,1H3/b10-6-,16-8-. The molecule has 0 saturated carbocycles. The van der Waals surface area contributed by atoms with Crippen LogP contribution in [0.1, 0.15) is 12.7 Å². The number of carbonyl (C=O) groups excluding carboxylic acids is 1. The van der Waals surface area contributed by atoms with Crippen LogP contribution in [0.3, 0.4) is 0 Å². The maximum absolute atomic E-state index is 12.4. The van der Waals surface area contributed by atoms with Crippen molar-refractivity contribution in [3.8, 4) is 6.07 Å². The molecule has 2 aliphatic rings. The van der Waals surface area contributed by atoms with E-state index in [4.69, 9.17) is 14.4 Å². The number of nitriles is 1. The summed E-state index contributed by atoms with van der Waals surface area (Å²) in [6.07, 6.45) is 4.28. The van der Waals surface area contributed by atoms with Crippen LogP contribution in [0.2, 0.25) is 0 Å². The normalized spacial score (nSPS) is 19.1. The molecule has 2 aliphatic heterocycles. The largest absolute Gasteiger partial charge is 0.483 e. The summed E-state index contributed by atoms with van der Waals surface area (Å²) >= 11 is 1.10. The van der Waals surface area contributed by atoms with Crippen LogP contribution in [0.25, 0.3) is 6.08 Å². The van der Waals surface area contributed by atoms with E-state index in [0.717, 1.165) is 11.8 Å². The molecule has 3 heterocycles. The molecule has 8 heteroatoms. The number of allylic oxidation sites excluding steroid dienone is 1. The molecule has 7 nitrogen and oxygen atoms in total. The van der Waals surface area contributed by atoms with E-state index >= 15 is 0 Å². The van der Waals surface area contributed by atoms with Crippen LogP contribution in [0.5, 0.6) is 0 Å². The van der Waals surface area contributed by atoms with Gasteiger partial charge in [0.05, 0.1) is 12.9 Å². The summed E-state index contributed by atoms with van der Waals surface area (Å²) in [5.41, 5.74) is 0.235. The Morgan fingerprint density at radius 1 is 1.64 bits per heavy atom. The second-order valence-corrected chi connectivity index (χ2v) is 5.11. The maximum atomic E-state index is 12.4. The molecule has 1 amide bonds. The minimum atomic E-state index is -0.354. The Bertz CT molecular complexity index is 769. The number of hydrogen-bond acceptors (Lipinski definition) is 7. The first-order valence-electron chi connectivity index (χ1n) is 6.39. The van der Waals surface area contributed by atoms with Crippen molar-refractivity contribution in [1.82, 2.24) is 4.90 Å². The number of fused-ring (bicyclic) bond motifs is 1. The molecular weight excluding hydrogens is 304 g/mol. The molecule has 0 N–H and O–H groups in total. The molecule has 0 saturated heterocycles. The van der Waals surface area contributed by atoms with Gasteiger partial charge >= 0.3 is 0 Å². The zero-order valence-corrected chi connectivity index (χ0v) is 12.3. The van der Waals surface area contributed by atoms with Crippen molar-refractivity contribution < 1.29 is 13.9 Å². The molecule has 0 fully saturated rings.